The van der Waals surface area contributed by atoms with Crippen LogP contribution in [0.3, 0.4) is 0 Å². The predicted molar refractivity (Wildman–Crippen MR) is 49.3 cm³/mol. The molecule has 1 amide bonds. The van der Waals surface area contributed by atoms with Crippen molar-refractivity contribution in [2.45, 2.75) is 38.5 Å². The van der Waals surface area contributed by atoms with Crippen molar-refractivity contribution < 1.29 is 18.0 Å². The number of hydrogen-bond acceptors (Lipinski definition) is 2. The van der Waals surface area contributed by atoms with Crippen LogP contribution in [0.4, 0.5) is 13.2 Å². The van der Waals surface area contributed by atoms with Gasteiger partial charge in [0.15, 0.2) is 0 Å². The van der Waals surface area contributed by atoms with E-state index in [1.54, 1.807) is 6.92 Å². The molecule has 0 spiro atoms. The summed E-state index contributed by atoms with van der Waals surface area (Å²) in [6.07, 6.45) is -5.77. The Kier molecular flexibility index (Phi) is 3.59. The van der Waals surface area contributed by atoms with Crippen LogP contribution >= 0.6 is 0 Å². The zero-order valence-electron chi connectivity index (χ0n) is 8.77. The Labute approximate surface area is 86.6 Å². The molecule has 1 fully saturated rings. The van der Waals surface area contributed by atoms with E-state index >= 15 is 0 Å². The molecular formula is C9H15F3N2O. The molecule has 0 bridgehead atoms. The summed E-state index contributed by atoms with van der Waals surface area (Å²) in [5, 5.41) is 3.10. The maximum Gasteiger partial charge on any atom is 0.397 e. The lowest BCUT2D eigenvalue weighted by Gasteiger charge is -2.38. The zero-order chi connectivity index (χ0) is 11.6. The minimum atomic E-state index is -4.41. The van der Waals surface area contributed by atoms with Crippen LogP contribution in [0.5, 0.6) is 0 Å². The third kappa shape index (κ3) is 3.37. The molecule has 15 heavy (non-hydrogen) atoms. The standard InChI is InChI=1S/C9H15F3N2O/c1-6-7(2)14(4-3-13-6)8(15)5-9(10,11)12/h6-7,13H,3-5H2,1-2H3. The number of amides is 1. The fourth-order valence-electron chi connectivity index (χ4n) is 1.68. The van der Waals surface area contributed by atoms with Gasteiger partial charge in [0.2, 0.25) is 5.91 Å². The summed E-state index contributed by atoms with van der Waals surface area (Å²) in [5.74, 6) is -0.830. The molecule has 6 heteroatoms. The second kappa shape index (κ2) is 4.38. The van der Waals surface area contributed by atoms with Crippen molar-refractivity contribution in [2.24, 2.45) is 0 Å². The number of alkyl halides is 3. The molecule has 0 radical (unpaired) electrons. The van der Waals surface area contributed by atoms with E-state index in [0.29, 0.717) is 13.1 Å². The minimum Gasteiger partial charge on any atom is -0.337 e. The van der Waals surface area contributed by atoms with Gasteiger partial charge in [0, 0.05) is 25.2 Å². The van der Waals surface area contributed by atoms with Crippen LogP contribution in [0, 0.1) is 0 Å². The van der Waals surface area contributed by atoms with Crippen LogP contribution in [0.2, 0.25) is 0 Å². The molecule has 2 atom stereocenters. The van der Waals surface area contributed by atoms with Gasteiger partial charge in [-0.05, 0) is 13.8 Å². The van der Waals surface area contributed by atoms with Crippen molar-refractivity contribution in [3.05, 3.63) is 0 Å². The molecule has 0 saturated carbocycles. The van der Waals surface area contributed by atoms with Gasteiger partial charge >= 0.3 is 6.18 Å². The molecule has 1 aliphatic heterocycles. The number of nitrogens with one attached hydrogen (secondary N) is 1. The molecular weight excluding hydrogens is 209 g/mol. The molecule has 0 aromatic rings. The summed E-state index contributed by atoms with van der Waals surface area (Å²) >= 11 is 0. The van der Waals surface area contributed by atoms with Gasteiger partial charge in [-0.25, -0.2) is 0 Å². The second-order valence-electron chi connectivity index (χ2n) is 3.86. The first-order valence-electron chi connectivity index (χ1n) is 4.91. The van der Waals surface area contributed by atoms with Gasteiger partial charge in [-0.1, -0.05) is 0 Å². The average molecular weight is 224 g/mol. The summed E-state index contributed by atoms with van der Waals surface area (Å²) in [5.41, 5.74) is 0. The van der Waals surface area contributed by atoms with Crippen molar-refractivity contribution in [3.8, 4) is 0 Å². The van der Waals surface area contributed by atoms with Crippen LogP contribution in [-0.4, -0.2) is 42.2 Å². The predicted octanol–water partition coefficient (Wildman–Crippen LogP) is 1.15. The van der Waals surface area contributed by atoms with Gasteiger partial charge in [-0.3, -0.25) is 4.79 Å². The van der Waals surface area contributed by atoms with Crippen molar-refractivity contribution in [3.63, 3.8) is 0 Å². The van der Waals surface area contributed by atoms with Gasteiger partial charge in [-0.2, -0.15) is 13.2 Å². The number of hydrogen-bond donors (Lipinski definition) is 1. The Morgan fingerprint density at radius 1 is 1.47 bits per heavy atom. The number of halogens is 3. The fourth-order valence-corrected chi connectivity index (χ4v) is 1.68. The first-order chi connectivity index (χ1) is 6.81. The van der Waals surface area contributed by atoms with Gasteiger partial charge in [0.1, 0.15) is 6.42 Å². The lowest BCUT2D eigenvalue weighted by Crippen LogP contribution is -2.57. The van der Waals surface area contributed by atoms with Gasteiger partial charge in [0.05, 0.1) is 0 Å². The molecule has 1 aliphatic rings. The van der Waals surface area contributed by atoms with Crippen molar-refractivity contribution in [1.82, 2.24) is 10.2 Å². The summed E-state index contributed by atoms with van der Waals surface area (Å²) in [7, 11) is 0. The summed E-state index contributed by atoms with van der Waals surface area (Å²) < 4.78 is 36.1. The van der Waals surface area contributed by atoms with Crippen molar-refractivity contribution in [1.29, 1.82) is 0 Å². The van der Waals surface area contributed by atoms with Gasteiger partial charge < -0.3 is 10.2 Å². The van der Waals surface area contributed by atoms with Crippen molar-refractivity contribution in [2.75, 3.05) is 13.1 Å². The van der Waals surface area contributed by atoms with Crippen LogP contribution < -0.4 is 5.32 Å². The molecule has 1 saturated heterocycles. The van der Waals surface area contributed by atoms with E-state index in [-0.39, 0.29) is 12.1 Å². The Morgan fingerprint density at radius 2 is 2.07 bits per heavy atom. The summed E-state index contributed by atoms with van der Waals surface area (Å²) in [6.45, 7) is 4.51. The Bertz CT molecular complexity index is 242. The first kappa shape index (κ1) is 12.3. The number of carbonyl (C=O) groups excluding carboxylic acids is 1. The normalized spacial score (nSPS) is 27.9. The van der Waals surface area contributed by atoms with Crippen LogP contribution in [0.15, 0.2) is 0 Å². The van der Waals surface area contributed by atoms with E-state index in [0.717, 1.165) is 0 Å². The highest BCUT2D eigenvalue weighted by molar-refractivity contribution is 5.77. The molecule has 0 aliphatic carbocycles. The third-order valence-corrected chi connectivity index (χ3v) is 2.71. The highest BCUT2D eigenvalue weighted by Crippen LogP contribution is 2.22. The van der Waals surface area contributed by atoms with Crippen LogP contribution in [0.1, 0.15) is 20.3 Å². The topological polar surface area (TPSA) is 32.3 Å². The molecule has 1 N–H and O–H groups in total. The highest BCUT2D eigenvalue weighted by Gasteiger charge is 2.36. The number of carbonyl (C=O) groups is 1. The van der Waals surface area contributed by atoms with E-state index in [1.807, 2.05) is 6.92 Å². The Morgan fingerprint density at radius 3 is 2.60 bits per heavy atom. The number of piperazine rings is 1. The number of nitrogens with zero attached hydrogens (tertiary/aromatic N) is 1. The van der Waals surface area contributed by atoms with E-state index in [4.69, 9.17) is 0 Å². The van der Waals surface area contributed by atoms with Gasteiger partial charge in [-0.15, -0.1) is 0 Å². The van der Waals surface area contributed by atoms with E-state index in [1.165, 1.54) is 4.90 Å². The smallest absolute Gasteiger partial charge is 0.337 e. The molecule has 0 aromatic carbocycles. The fraction of sp³-hybridized carbons (Fsp3) is 0.889. The lowest BCUT2D eigenvalue weighted by molar-refractivity contribution is -0.164. The molecule has 88 valence electrons. The van der Waals surface area contributed by atoms with E-state index in [2.05, 4.69) is 5.32 Å². The van der Waals surface area contributed by atoms with Gasteiger partial charge in [0.25, 0.3) is 0 Å². The van der Waals surface area contributed by atoms with Crippen LogP contribution in [0.25, 0.3) is 0 Å². The summed E-state index contributed by atoms with van der Waals surface area (Å²) in [4.78, 5) is 12.6. The molecule has 1 rings (SSSR count). The Balaban J connectivity index is 2.59. The van der Waals surface area contributed by atoms with E-state index < -0.39 is 18.5 Å². The first-order valence-corrected chi connectivity index (χ1v) is 4.91. The molecule has 1 heterocycles. The summed E-state index contributed by atoms with van der Waals surface area (Å²) in [6, 6.07) is -0.149. The maximum atomic E-state index is 12.0. The minimum absolute atomic E-state index is 0.0379. The van der Waals surface area contributed by atoms with Crippen molar-refractivity contribution >= 4 is 5.91 Å². The SMILES string of the molecule is CC1NCCN(C(=O)CC(F)(F)F)C1C. The average Bonchev–Trinajstić information content (AvgIpc) is 2.06. The third-order valence-electron chi connectivity index (χ3n) is 2.71. The number of rotatable bonds is 1. The quantitative estimate of drug-likeness (QED) is 0.724. The molecule has 0 aromatic heterocycles. The van der Waals surface area contributed by atoms with E-state index in [9.17, 15) is 18.0 Å². The lowest BCUT2D eigenvalue weighted by atomic mass is 10.1. The Hall–Kier alpha value is -0.780. The highest BCUT2D eigenvalue weighted by atomic mass is 19.4. The monoisotopic (exact) mass is 224 g/mol. The molecule has 3 nitrogen and oxygen atoms in total. The second-order valence-corrected chi connectivity index (χ2v) is 3.86. The molecule has 2 unspecified atom stereocenters. The largest absolute Gasteiger partial charge is 0.397 e. The van der Waals surface area contributed by atoms with Crippen LogP contribution in [-0.2, 0) is 4.79 Å². The maximum absolute atomic E-state index is 12.0. The zero-order valence-corrected chi connectivity index (χ0v) is 8.77.